The summed E-state index contributed by atoms with van der Waals surface area (Å²) in [5, 5.41) is 0. The third kappa shape index (κ3) is 21.7. The molecule has 0 aliphatic carbocycles. The van der Waals surface area contributed by atoms with Crippen LogP contribution in [0, 0.1) is 0 Å². The average molecular weight is 547 g/mol. The fourth-order valence-corrected chi connectivity index (χ4v) is 6.36. The molecular formula is C37H74N2. The Bertz CT molecular complexity index is 502. The first-order chi connectivity index (χ1) is 19.3. The summed E-state index contributed by atoms with van der Waals surface area (Å²) >= 11 is 0. The monoisotopic (exact) mass is 547 g/mol. The van der Waals surface area contributed by atoms with Crippen molar-refractivity contribution in [2.75, 3.05) is 13.1 Å². The topological polar surface area (TPSA) is 6.48 Å². The standard InChI is InChI=1S/C37H74N2/c1-4-7-10-12-14-16-18-19-20-21-22-23-25-27-29-32-37-38(33-30-9-6-3)35-36-39(37)34-31-28-26-24-17-15-13-11-8-5-2/h35-37H,4-34H2,1-3H3. The van der Waals surface area contributed by atoms with Gasteiger partial charge in [0.2, 0.25) is 0 Å². The van der Waals surface area contributed by atoms with Crippen molar-refractivity contribution < 1.29 is 0 Å². The number of hydrogen-bond donors (Lipinski definition) is 0. The molecule has 1 atom stereocenters. The maximum absolute atomic E-state index is 2.69. The van der Waals surface area contributed by atoms with Crippen LogP contribution >= 0.6 is 0 Å². The molecule has 1 rings (SSSR count). The molecule has 0 aromatic heterocycles. The second kappa shape index (κ2) is 28.9. The zero-order valence-electron chi connectivity index (χ0n) is 27.5. The lowest BCUT2D eigenvalue weighted by Crippen LogP contribution is -2.39. The molecule has 0 fully saturated rings. The largest absolute Gasteiger partial charge is 0.356 e. The average Bonchev–Trinajstić information content (AvgIpc) is 3.33. The molecule has 1 heterocycles. The molecule has 1 aliphatic rings. The first kappa shape index (κ1) is 36.4. The Labute approximate surface area is 248 Å². The van der Waals surface area contributed by atoms with Crippen LogP contribution in [0.5, 0.6) is 0 Å². The molecule has 0 aromatic rings. The van der Waals surface area contributed by atoms with Gasteiger partial charge in [0.1, 0.15) is 6.17 Å². The molecule has 2 heteroatoms. The summed E-state index contributed by atoms with van der Waals surface area (Å²) in [6, 6.07) is 0. The smallest absolute Gasteiger partial charge is 0.101 e. The predicted molar refractivity (Wildman–Crippen MR) is 177 cm³/mol. The molecule has 0 spiro atoms. The lowest BCUT2D eigenvalue weighted by molar-refractivity contribution is 0.135. The van der Waals surface area contributed by atoms with Gasteiger partial charge in [-0.25, -0.2) is 0 Å². The summed E-state index contributed by atoms with van der Waals surface area (Å²) in [6.07, 6.45) is 47.0. The fraction of sp³-hybridized carbons (Fsp3) is 0.946. The zero-order chi connectivity index (χ0) is 28.1. The molecule has 2 nitrogen and oxygen atoms in total. The molecule has 1 aliphatic heterocycles. The van der Waals surface area contributed by atoms with Crippen molar-refractivity contribution in [2.45, 2.75) is 213 Å². The number of unbranched alkanes of at least 4 members (excludes halogenated alkanes) is 25. The Kier molecular flexibility index (Phi) is 26.9. The van der Waals surface area contributed by atoms with Gasteiger partial charge in [-0.05, 0) is 25.7 Å². The minimum atomic E-state index is 0.641. The molecule has 0 radical (unpaired) electrons. The second-order valence-corrected chi connectivity index (χ2v) is 12.9. The highest BCUT2D eigenvalue weighted by Crippen LogP contribution is 2.24. The molecule has 0 aromatic carbocycles. The summed E-state index contributed by atoms with van der Waals surface area (Å²) in [7, 11) is 0. The maximum Gasteiger partial charge on any atom is 0.101 e. The summed E-state index contributed by atoms with van der Waals surface area (Å²) in [5.41, 5.74) is 0. The Morgan fingerprint density at radius 2 is 0.590 bits per heavy atom. The van der Waals surface area contributed by atoms with Gasteiger partial charge in [-0.3, -0.25) is 0 Å². The van der Waals surface area contributed by atoms with E-state index >= 15 is 0 Å². The van der Waals surface area contributed by atoms with Crippen LogP contribution in [0.15, 0.2) is 12.4 Å². The van der Waals surface area contributed by atoms with Crippen LogP contribution in [0.25, 0.3) is 0 Å². The third-order valence-electron chi connectivity index (χ3n) is 9.07. The van der Waals surface area contributed by atoms with Crippen LogP contribution in [-0.2, 0) is 0 Å². The molecule has 232 valence electrons. The van der Waals surface area contributed by atoms with Crippen molar-refractivity contribution in [3.63, 3.8) is 0 Å². The molecule has 0 bridgehead atoms. The highest BCUT2D eigenvalue weighted by Gasteiger charge is 2.24. The van der Waals surface area contributed by atoms with Gasteiger partial charge in [-0.1, -0.05) is 181 Å². The highest BCUT2D eigenvalue weighted by atomic mass is 15.4. The van der Waals surface area contributed by atoms with Crippen LogP contribution in [0.1, 0.15) is 207 Å². The van der Waals surface area contributed by atoms with Crippen molar-refractivity contribution in [3.05, 3.63) is 12.4 Å². The van der Waals surface area contributed by atoms with Crippen molar-refractivity contribution in [1.29, 1.82) is 0 Å². The van der Waals surface area contributed by atoms with Gasteiger partial charge in [0, 0.05) is 25.5 Å². The summed E-state index contributed by atoms with van der Waals surface area (Å²) < 4.78 is 0. The predicted octanol–water partition coefficient (Wildman–Crippen LogP) is 12.8. The van der Waals surface area contributed by atoms with E-state index in [4.69, 9.17) is 0 Å². The lowest BCUT2D eigenvalue weighted by atomic mass is 10.0. The highest BCUT2D eigenvalue weighted by molar-refractivity contribution is 4.97. The van der Waals surface area contributed by atoms with E-state index in [2.05, 4.69) is 43.0 Å². The van der Waals surface area contributed by atoms with Crippen LogP contribution in [0.3, 0.4) is 0 Å². The Morgan fingerprint density at radius 3 is 0.949 bits per heavy atom. The van der Waals surface area contributed by atoms with Crippen LogP contribution < -0.4 is 0 Å². The van der Waals surface area contributed by atoms with E-state index in [1.165, 1.54) is 199 Å². The molecular weight excluding hydrogens is 472 g/mol. The summed E-state index contributed by atoms with van der Waals surface area (Å²) in [6.45, 7) is 9.46. The van der Waals surface area contributed by atoms with Crippen LogP contribution in [0.2, 0.25) is 0 Å². The Morgan fingerprint density at radius 1 is 0.333 bits per heavy atom. The maximum atomic E-state index is 2.69. The van der Waals surface area contributed by atoms with E-state index < -0.39 is 0 Å². The first-order valence-corrected chi connectivity index (χ1v) is 18.5. The van der Waals surface area contributed by atoms with Gasteiger partial charge in [-0.15, -0.1) is 0 Å². The fourth-order valence-electron chi connectivity index (χ4n) is 6.36. The van der Waals surface area contributed by atoms with Crippen LogP contribution in [0.4, 0.5) is 0 Å². The van der Waals surface area contributed by atoms with Crippen molar-refractivity contribution in [3.8, 4) is 0 Å². The molecule has 0 N–H and O–H groups in total. The van der Waals surface area contributed by atoms with Gasteiger partial charge in [0.05, 0.1) is 0 Å². The normalized spacial score (nSPS) is 15.2. The van der Waals surface area contributed by atoms with Crippen LogP contribution in [-0.4, -0.2) is 29.1 Å². The van der Waals surface area contributed by atoms with Crippen molar-refractivity contribution in [1.82, 2.24) is 9.80 Å². The lowest BCUT2D eigenvalue weighted by Gasteiger charge is -2.33. The minimum absolute atomic E-state index is 0.641. The van der Waals surface area contributed by atoms with E-state index in [0.29, 0.717) is 6.17 Å². The third-order valence-corrected chi connectivity index (χ3v) is 9.07. The van der Waals surface area contributed by atoms with Crippen molar-refractivity contribution in [2.24, 2.45) is 0 Å². The van der Waals surface area contributed by atoms with Crippen molar-refractivity contribution >= 4 is 0 Å². The number of nitrogens with zero attached hydrogens (tertiary/aromatic N) is 2. The van der Waals surface area contributed by atoms with E-state index in [1.807, 2.05) is 0 Å². The molecule has 39 heavy (non-hydrogen) atoms. The summed E-state index contributed by atoms with van der Waals surface area (Å²) in [4.78, 5) is 5.37. The molecule has 0 amide bonds. The Hall–Kier alpha value is -0.660. The van der Waals surface area contributed by atoms with Gasteiger partial charge < -0.3 is 9.80 Å². The first-order valence-electron chi connectivity index (χ1n) is 18.5. The van der Waals surface area contributed by atoms with Gasteiger partial charge in [0.15, 0.2) is 0 Å². The second-order valence-electron chi connectivity index (χ2n) is 12.9. The Balaban J connectivity index is 2.09. The van der Waals surface area contributed by atoms with E-state index in [-0.39, 0.29) is 0 Å². The van der Waals surface area contributed by atoms with Gasteiger partial charge >= 0.3 is 0 Å². The van der Waals surface area contributed by atoms with Gasteiger partial charge in [0.25, 0.3) is 0 Å². The molecule has 0 saturated carbocycles. The number of hydrogen-bond acceptors (Lipinski definition) is 2. The minimum Gasteiger partial charge on any atom is -0.356 e. The van der Waals surface area contributed by atoms with E-state index in [1.54, 1.807) is 0 Å². The van der Waals surface area contributed by atoms with E-state index in [9.17, 15) is 0 Å². The SMILES string of the molecule is CCCCCCCCCCCCCCCCCC1N(CCCCC)C=CN1CCCCCCCCCCCC. The molecule has 0 saturated heterocycles. The molecule has 1 unspecified atom stereocenters. The zero-order valence-corrected chi connectivity index (χ0v) is 27.5. The number of rotatable bonds is 31. The van der Waals surface area contributed by atoms with Gasteiger partial charge in [-0.2, -0.15) is 0 Å². The van der Waals surface area contributed by atoms with E-state index in [0.717, 1.165) is 0 Å². The quantitative estimate of drug-likeness (QED) is 0.0798. The summed E-state index contributed by atoms with van der Waals surface area (Å²) in [5.74, 6) is 0.